The van der Waals surface area contributed by atoms with Crippen LogP contribution in [0.1, 0.15) is 10.5 Å². The fraction of sp³-hybridized carbons (Fsp3) is 0. The van der Waals surface area contributed by atoms with Crippen LogP contribution in [0.2, 0.25) is 5.02 Å². The first-order chi connectivity index (χ1) is 7.58. The van der Waals surface area contributed by atoms with Gasteiger partial charge in [-0.1, -0.05) is 11.6 Å². The van der Waals surface area contributed by atoms with Crippen LogP contribution >= 0.6 is 22.9 Å². The normalized spacial score (nSPS) is 10.3. The zero-order valence-electron chi connectivity index (χ0n) is 7.85. The van der Waals surface area contributed by atoms with Crippen molar-refractivity contribution in [3.8, 4) is 16.3 Å². The van der Waals surface area contributed by atoms with E-state index in [4.69, 9.17) is 16.7 Å². The van der Waals surface area contributed by atoms with Crippen molar-refractivity contribution in [1.29, 1.82) is 0 Å². The third kappa shape index (κ3) is 2.00. The minimum Gasteiger partial charge on any atom is -0.508 e. The summed E-state index contributed by atoms with van der Waals surface area (Å²) in [5, 5.41) is 20.2. The van der Waals surface area contributed by atoms with E-state index in [1.54, 1.807) is 6.07 Å². The molecule has 0 atom stereocenters. The van der Waals surface area contributed by atoms with Crippen molar-refractivity contribution < 1.29 is 15.0 Å². The fourth-order valence-corrected chi connectivity index (χ4v) is 2.33. The van der Waals surface area contributed by atoms with E-state index >= 15 is 0 Å². The summed E-state index contributed by atoms with van der Waals surface area (Å²) in [6.07, 6.45) is 0. The smallest absolute Gasteiger partial charge is 0.355 e. The first-order valence-electron chi connectivity index (χ1n) is 4.25. The van der Waals surface area contributed by atoms with Gasteiger partial charge in [0.05, 0.1) is 5.02 Å². The Hall–Kier alpha value is -1.59. The molecule has 0 fully saturated rings. The zero-order valence-corrected chi connectivity index (χ0v) is 9.42. The SMILES string of the molecule is O=C(O)c1csc(-c2ccc(O)cc2Cl)n1. The molecule has 0 amide bonds. The predicted molar refractivity (Wildman–Crippen MR) is 61.2 cm³/mol. The Morgan fingerprint density at radius 3 is 2.75 bits per heavy atom. The molecule has 2 N–H and O–H groups in total. The monoisotopic (exact) mass is 255 g/mol. The second-order valence-electron chi connectivity index (χ2n) is 3.01. The van der Waals surface area contributed by atoms with Gasteiger partial charge in [-0.25, -0.2) is 9.78 Å². The summed E-state index contributed by atoms with van der Waals surface area (Å²) in [7, 11) is 0. The molecule has 0 aliphatic rings. The van der Waals surface area contributed by atoms with Crippen molar-refractivity contribution in [2.45, 2.75) is 0 Å². The molecule has 2 rings (SSSR count). The average molecular weight is 256 g/mol. The highest BCUT2D eigenvalue weighted by molar-refractivity contribution is 7.13. The highest BCUT2D eigenvalue weighted by Crippen LogP contribution is 2.32. The van der Waals surface area contributed by atoms with E-state index in [1.165, 1.54) is 28.8 Å². The van der Waals surface area contributed by atoms with E-state index in [9.17, 15) is 9.90 Å². The van der Waals surface area contributed by atoms with E-state index in [0.29, 0.717) is 15.6 Å². The third-order valence-electron chi connectivity index (χ3n) is 1.91. The molecule has 16 heavy (non-hydrogen) atoms. The summed E-state index contributed by atoms with van der Waals surface area (Å²) in [4.78, 5) is 14.6. The first kappa shape index (κ1) is 10.9. The van der Waals surface area contributed by atoms with E-state index in [0.717, 1.165) is 0 Å². The van der Waals surface area contributed by atoms with Gasteiger partial charge in [-0.3, -0.25) is 0 Å². The molecule has 0 saturated carbocycles. The molecule has 0 unspecified atom stereocenters. The van der Waals surface area contributed by atoms with Gasteiger partial charge in [0.15, 0.2) is 5.69 Å². The minimum atomic E-state index is -1.07. The van der Waals surface area contributed by atoms with Gasteiger partial charge < -0.3 is 10.2 Å². The highest BCUT2D eigenvalue weighted by atomic mass is 35.5. The lowest BCUT2D eigenvalue weighted by Gasteiger charge is -2.00. The van der Waals surface area contributed by atoms with Gasteiger partial charge in [-0.15, -0.1) is 11.3 Å². The number of phenolic OH excluding ortho intramolecular Hbond substituents is 1. The number of carboxylic acid groups (broad SMARTS) is 1. The van der Waals surface area contributed by atoms with Crippen LogP contribution in [-0.2, 0) is 0 Å². The Morgan fingerprint density at radius 1 is 1.44 bits per heavy atom. The lowest BCUT2D eigenvalue weighted by atomic mass is 10.2. The Kier molecular flexibility index (Phi) is 2.80. The third-order valence-corrected chi connectivity index (χ3v) is 3.09. The van der Waals surface area contributed by atoms with Crippen LogP contribution in [0.5, 0.6) is 5.75 Å². The van der Waals surface area contributed by atoms with Crippen LogP contribution in [-0.4, -0.2) is 21.2 Å². The van der Waals surface area contributed by atoms with Crippen molar-refractivity contribution >= 4 is 28.9 Å². The van der Waals surface area contributed by atoms with E-state index < -0.39 is 5.97 Å². The Labute approximate surface area is 99.8 Å². The van der Waals surface area contributed by atoms with Crippen molar-refractivity contribution in [2.75, 3.05) is 0 Å². The van der Waals surface area contributed by atoms with Crippen LogP contribution in [0.25, 0.3) is 10.6 Å². The van der Waals surface area contributed by atoms with Gasteiger partial charge in [0.1, 0.15) is 10.8 Å². The molecule has 4 nitrogen and oxygen atoms in total. The molecule has 0 radical (unpaired) electrons. The van der Waals surface area contributed by atoms with Gasteiger partial charge >= 0.3 is 5.97 Å². The Morgan fingerprint density at radius 2 is 2.19 bits per heavy atom. The topological polar surface area (TPSA) is 70.4 Å². The second kappa shape index (κ2) is 4.11. The molecule has 0 aliphatic carbocycles. The lowest BCUT2D eigenvalue weighted by Crippen LogP contribution is -1.95. The van der Waals surface area contributed by atoms with E-state index in [-0.39, 0.29) is 11.4 Å². The number of carbonyl (C=O) groups is 1. The number of hydrogen-bond donors (Lipinski definition) is 2. The van der Waals surface area contributed by atoms with Crippen LogP contribution in [0.15, 0.2) is 23.6 Å². The molecule has 0 aliphatic heterocycles. The standard InChI is InChI=1S/C10H6ClNO3S/c11-7-3-5(13)1-2-6(7)9-12-8(4-16-9)10(14)15/h1-4,13H,(H,14,15). The van der Waals surface area contributed by atoms with Gasteiger partial charge in [0.2, 0.25) is 0 Å². The summed E-state index contributed by atoms with van der Waals surface area (Å²) >= 11 is 7.11. The minimum absolute atomic E-state index is 0.0101. The molecule has 1 aromatic heterocycles. The summed E-state index contributed by atoms with van der Waals surface area (Å²) in [6.45, 7) is 0. The fourth-order valence-electron chi connectivity index (χ4n) is 1.17. The molecule has 0 bridgehead atoms. The average Bonchev–Trinajstić information content (AvgIpc) is 2.66. The number of hydrogen-bond acceptors (Lipinski definition) is 4. The maximum absolute atomic E-state index is 10.7. The summed E-state index contributed by atoms with van der Waals surface area (Å²) in [6, 6.07) is 4.46. The number of halogens is 1. The second-order valence-corrected chi connectivity index (χ2v) is 4.27. The summed E-state index contributed by atoms with van der Waals surface area (Å²) < 4.78 is 0. The maximum Gasteiger partial charge on any atom is 0.355 e. The Balaban J connectivity index is 2.46. The molecule has 82 valence electrons. The molecule has 0 saturated heterocycles. The number of phenols is 1. The summed E-state index contributed by atoms with van der Waals surface area (Å²) in [5.74, 6) is -1.01. The molecular weight excluding hydrogens is 250 g/mol. The van der Waals surface area contributed by atoms with Crippen LogP contribution in [0.4, 0.5) is 0 Å². The van der Waals surface area contributed by atoms with Crippen LogP contribution in [0.3, 0.4) is 0 Å². The molecule has 6 heteroatoms. The van der Waals surface area contributed by atoms with Gasteiger partial charge in [-0.05, 0) is 18.2 Å². The maximum atomic E-state index is 10.7. The number of rotatable bonds is 2. The quantitative estimate of drug-likeness (QED) is 0.866. The van der Waals surface area contributed by atoms with Gasteiger partial charge in [0.25, 0.3) is 0 Å². The van der Waals surface area contributed by atoms with Gasteiger partial charge in [0, 0.05) is 10.9 Å². The van der Waals surface area contributed by atoms with Crippen molar-refractivity contribution in [3.63, 3.8) is 0 Å². The number of aromatic nitrogens is 1. The number of nitrogens with zero attached hydrogens (tertiary/aromatic N) is 1. The predicted octanol–water partition coefficient (Wildman–Crippen LogP) is 2.87. The number of aromatic hydroxyl groups is 1. The van der Waals surface area contributed by atoms with Gasteiger partial charge in [-0.2, -0.15) is 0 Å². The number of aromatic carboxylic acids is 1. The van der Waals surface area contributed by atoms with E-state index in [2.05, 4.69) is 4.98 Å². The molecule has 1 aromatic carbocycles. The van der Waals surface area contributed by atoms with Crippen LogP contribution < -0.4 is 0 Å². The number of benzene rings is 1. The van der Waals surface area contributed by atoms with Crippen LogP contribution in [0, 0.1) is 0 Å². The molecule has 0 spiro atoms. The van der Waals surface area contributed by atoms with Crippen molar-refractivity contribution in [3.05, 3.63) is 34.3 Å². The molecule has 1 heterocycles. The molecular formula is C10H6ClNO3S. The molecule has 2 aromatic rings. The largest absolute Gasteiger partial charge is 0.508 e. The Bertz CT molecular complexity index is 553. The first-order valence-corrected chi connectivity index (χ1v) is 5.51. The zero-order chi connectivity index (χ0) is 11.7. The summed E-state index contributed by atoms with van der Waals surface area (Å²) in [5.41, 5.74) is 0.598. The number of thiazole rings is 1. The lowest BCUT2D eigenvalue weighted by molar-refractivity contribution is 0.0691. The van der Waals surface area contributed by atoms with Crippen molar-refractivity contribution in [1.82, 2.24) is 4.98 Å². The van der Waals surface area contributed by atoms with Crippen molar-refractivity contribution in [2.24, 2.45) is 0 Å². The number of carboxylic acids is 1. The highest BCUT2D eigenvalue weighted by Gasteiger charge is 2.12. The van der Waals surface area contributed by atoms with E-state index in [1.807, 2.05) is 0 Å².